The number of aryl methyl sites for hydroxylation is 2. The molecule has 0 bridgehead atoms. The van der Waals surface area contributed by atoms with Crippen molar-refractivity contribution in [3.63, 3.8) is 0 Å². The minimum Gasteiger partial charge on any atom is -0.311 e. The maximum Gasteiger partial charge on any atom is 0.0767 e. The van der Waals surface area contributed by atoms with Crippen molar-refractivity contribution in [3.05, 3.63) is 15.9 Å². The Bertz CT molecular complexity index is 325. The van der Waals surface area contributed by atoms with Crippen molar-refractivity contribution < 1.29 is 0 Å². The first-order valence-corrected chi connectivity index (χ1v) is 8.07. The van der Waals surface area contributed by atoms with Gasteiger partial charge >= 0.3 is 0 Å². The summed E-state index contributed by atoms with van der Waals surface area (Å²) in [6.45, 7) is 7.18. The zero-order chi connectivity index (χ0) is 12.0. The van der Waals surface area contributed by atoms with Crippen LogP contribution < -0.4 is 5.32 Å². The first-order valence-electron chi connectivity index (χ1n) is 5.75. The second-order valence-electron chi connectivity index (χ2n) is 3.60. The Kier molecular flexibility index (Phi) is 6.91. The third-order valence-electron chi connectivity index (χ3n) is 2.47. The Morgan fingerprint density at radius 3 is 2.75 bits per heavy atom. The van der Waals surface area contributed by atoms with Gasteiger partial charge in [-0.15, -0.1) is 0 Å². The summed E-state index contributed by atoms with van der Waals surface area (Å²) >= 11 is 6.05. The van der Waals surface area contributed by atoms with Crippen molar-refractivity contribution in [1.82, 2.24) is 15.1 Å². The highest BCUT2D eigenvalue weighted by Crippen LogP contribution is 2.22. The molecule has 0 amide bonds. The van der Waals surface area contributed by atoms with E-state index in [9.17, 15) is 0 Å². The van der Waals surface area contributed by atoms with Crippen LogP contribution in [0.2, 0.25) is 0 Å². The standard InChI is InChI=1S/C11H19BrIN3/c1-3-9-11(12)10(16(4-2)15-9)8-14-7-5-6-13/h14H,3-8H2,1-2H3. The number of hydrogen-bond donors (Lipinski definition) is 1. The third-order valence-corrected chi connectivity index (χ3v) is 4.15. The van der Waals surface area contributed by atoms with E-state index in [1.165, 1.54) is 21.0 Å². The fourth-order valence-electron chi connectivity index (χ4n) is 1.58. The lowest BCUT2D eigenvalue weighted by Gasteiger charge is -2.06. The second kappa shape index (κ2) is 7.66. The fourth-order valence-corrected chi connectivity index (χ4v) is 2.67. The number of nitrogens with zero attached hydrogens (tertiary/aromatic N) is 2. The molecule has 0 spiro atoms. The van der Waals surface area contributed by atoms with Crippen LogP contribution in [0, 0.1) is 0 Å². The predicted octanol–water partition coefficient (Wildman–Crippen LogP) is 3.14. The molecule has 0 atom stereocenters. The lowest BCUT2D eigenvalue weighted by Crippen LogP contribution is -2.18. The summed E-state index contributed by atoms with van der Waals surface area (Å²) < 4.78 is 4.47. The van der Waals surface area contributed by atoms with E-state index in [0.29, 0.717) is 0 Å². The van der Waals surface area contributed by atoms with Crippen LogP contribution >= 0.6 is 38.5 Å². The van der Waals surface area contributed by atoms with Crippen molar-refractivity contribution in [3.8, 4) is 0 Å². The van der Waals surface area contributed by atoms with Crippen molar-refractivity contribution in [2.45, 2.75) is 39.8 Å². The van der Waals surface area contributed by atoms with Gasteiger partial charge in [0, 0.05) is 17.5 Å². The summed E-state index contributed by atoms with van der Waals surface area (Å²) in [4.78, 5) is 0. The summed E-state index contributed by atoms with van der Waals surface area (Å²) in [5.74, 6) is 0. The first kappa shape index (κ1) is 14.4. The Morgan fingerprint density at radius 1 is 1.44 bits per heavy atom. The summed E-state index contributed by atoms with van der Waals surface area (Å²) in [7, 11) is 0. The molecule has 0 aliphatic carbocycles. The molecule has 0 aromatic carbocycles. The van der Waals surface area contributed by atoms with Crippen LogP contribution in [-0.2, 0) is 19.5 Å². The Balaban J connectivity index is 2.65. The van der Waals surface area contributed by atoms with E-state index < -0.39 is 0 Å². The van der Waals surface area contributed by atoms with Gasteiger partial charge in [0.05, 0.1) is 15.9 Å². The van der Waals surface area contributed by atoms with Crippen molar-refractivity contribution in [1.29, 1.82) is 0 Å². The molecule has 0 aliphatic heterocycles. The molecule has 1 rings (SSSR count). The predicted molar refractivity (Wildman–Crippen MR) is 80.2 cm³/mol. The second-order valence-corrected chi connectivity index (χ2v) is 5.47. The van der Waals surface area contributed by atoms with E-state index in [4.69, 9.17) is 0 Å². The zero-order valence-corrected chi connectivity index (χ0v) is 13.6. The van der Waals surface area contributed by atoms with E-state index >= 15 is 0 Å². The molecule has 0 radical (unpaired) electrons. The van der Waals surface area contributed by atoms with Gasteiger partial charge in [0.25, 0.3) is 0 Å². The number of alkyl halides is 1. The van der Waals surface area contributed by atoms with Crippen LogP contribution in [0.25, 0.3) is 0 Å². The van der Waals surface area contributed by atoms with Crippen LogP contribution in [0.1, 0.15) is 31.7 Å². The first-order chi connectivity index (χ1) is 7.74. The monoisotopic (exact) mass is 399 g/mol. The van der Waals surface area contributed by atoms with Gasteiger partial charge in [-0.3, -0.25) is 4.68 Å². The molecule has 1 aromatic rings. The maximum absolute atomic E-state index is 4.57. The summed E-state index contributed by atoms with van der Waals surface area (Å²) in [6, 6.07) is 0. The lowest BCUT2D eigenvalue weighted by atomic mass is 10.3. The average Bonchev–Trinajstić information content (AvgIpc) is 2.61. The average molecular weight is 400 g/mol. The smallest absolute Gasteiger partial charge is 0.0767 e. The topological polar surface area (TPSA) is 29.9 Å². The van der Waals surface area contributed by atoms with Gasteiger partial charge in [0.15, 0.2) is 0 Å². The minimum absolute atomic E-state index is 0.901. The van der Waals surface area contributed by atoms with Crippen LogP contribution in [-0.4, -0.2) is 20.8 Å². The van der Waals surface area contributed by atoms with Gasteiger partial charge in [-0.25, -0.2) is 0 Å². The van der Waals surface area contributed by atoms with Gasteiger partial charge < -0.3 is 5.32 Å². The molecule has 5 heteroatoms. The highest BCUT2D eigenvalue weighted by atomic mass is 127. The molecule has 3 nitrogen and oxygen atoms in total. The number of halogens is 2. The molecule has 16 heavy (non-hydrogen) atoms. The molecule has 0 aliphatic rings. The zero-order valence-electron chi connectivity index (χ0n) is 9.89. The third kappa shape index (κ3) is 3.70. The van der Waals surface area contributed by atoms with Gasteiger partial charge in [-0.2, -0.15) is 5.10 Å². The van der Waals surface area contributed by atoms with E-state index in [2.05, 4.69) is 67.5 Å². The van der Waals surface area contributed by atoms with Gasteiger partial charge in [0.2, 0.25) is 0 Å². The molecule has 0 fully saturated rings. The fraction of sp³-hybridized carbons (Fsp3) is 0.727. The summed E-state index contributed by atoms with van der Waals surface area (Å²) in [5.41, 5.74) is 2.43. The molecule has 1 aromatic heterocycles. The molecule has 1 heterocycles. The van der Waals surface area contributed by atoms with Crippen LogP contribution in [0.5, 0.6) is 0 Å². The molecule has 0 unspecified atom stereocenters. The quantitative estimate of drug-likeness (QED) is 0.433. The molecule has 0 saturated heterocycles. The van der Waals surface area contributed by atoms with Crippen molar-refractivity contribution >= 4 is 38.5 Å². The molecular weight excluding hydrogens is 381 g/mol. The van der Waals surface area contributed by atoms with Gasteiger partial charge in [0.1, 0.15) is 0 Å². The van der Waals surface area contributed by atoms with Crippen molar-refractivity contribution in [2.24, 2.45) is 0 Å². The van der Waals surface area contributed by atoms with Gasteiger partial charge in [-0.1, -0.05) is 29.5 Å². The van der Waals surface area contributed by atoms with Crippen LogP contribution in [0.3, 0.4) is 0 Å². The highest BCUT2D eigenvalue weighted by molar-refractivity contribution is 14.1. The Labute approximate surface area is 120 Å². The molecule has 1 N–H and O–H groups in total. The van der Waals surface area contributed by atoms with Crippen LogP contribution in [0.15, 0.2) is 4.47 Å². The number of nitrogens with one attached hydrogen (secondary N) is 1. The number of aromatic nitrogens is 2. The van der Waals surface area contributed by atoms with E-state index in [1.807, 2.05) is 0 Å². The van der Waals surface area contributed by atoms with E-state index in [1.54, 1.807) is 0 Å². The normalized spacial score (nSPS) is 11.0. The van der Waals surface area contributed by atoms with Gasteiger partial charge in [-0.05, 0) is 42.2 Å². The highest BCUT2D eigenvalue weighted by Gasteiger charge is 2.12. The minimum atomic E-state index is 0.901. The van der Waals surface area contributed by atoms with E-state index in [0.717, 1.165) is 31.7 Å². The number of rotatable bonds is 7. The number of hydrogen-bond acceptors (Lipinski definition) is 2. The molecule has 0 saturated carbocycles. The SMILES string of the molecule is CCc1nn(CC)c(CNCCCI)c1Br. The maximum atomic E-state index is 4.57. The van der Waals surface area contributed by atoms with E-state index in [-0.39, 0.29) is 0 Å². The summed E-state index contributed by atoms with van der Waals surface area (Å²) in [5, 5.41) is 8.03. The molecule has 92 valence electrons. The lowest BCUT2D eigenvalue weighted by molar-refractivity contribution is 0.576. The van der Waals surface area contributed by atoms with Crippen molar-refractivity contribution in [2.75, 3.05) is 11.0 Å². The largest absolute Gasteiger partial charge is 0.311 e. The summed E-state index contributed by atoms with van der Waals surface area (Å²) in [6.07, 6.45) is 2.20. The Morgan fingerprint density at radius 2 is 2.19 bits per heavy atom. The Hall–Kier alpha value is 0.380. The molecular formula is C11H19BrIN3. The van der Waals surface area contributed by atoms with Crippen LogP contribution in [0.4, 0.5) is 0 Å².